The van der Waals surface area contributed by atoms with Crippen LogP contribution in [0.25, 0.3) is 0 Å². The Balaban J connectivity index is 2.06. The predicted octanol–water partition coefficient (Wildman–Crippen LogP) is 1.79. The SMILES string of the molecule is CC#CCNCC1(CC)CC1. The molecule has 1 nitrogen and oxygen atoms in total. The number of rotatable bonds is 4. The minimum Gasteiger partial charge on any atom is -0.306 e. The van der Waals surface area contributed by atoms with E-state index in [1.54, 1.807) is 0 Å². The molecule has 0 heterocycles. The van der Waals surface area contributed by atoms with Crippen LogP contribution in [0.15, 0.2) is 0 Å². The van der Waals surface area contributed by atoms with Crippen LogP contribution >= 0.6 is 0 Å². The zero-order valence-corrected chi connectivity index (χ0v) is 7.54. The molecule has 0 aromatic heterocycles. The van der Waals surface area contributed by atoms with Crippen LogP contribution in [-0.2, 0) is 0 Å². The van der Waals surface area contributed by atoms with Crippen molar-refractivity contribution in [2.24, 2.45) is 5.41 Å². The molecule has 0 radical (unpaired) electrons. The van der Waals surface area contributed by atoms with Gasteiger partial charge in [-0.25, -0.2) is 0 Å². The molecule has 1 rings (SSSR count). The average molecular weight is 151 g/mol. The highest BCUT2D eigenvalue weighted by Gasteiger charge is 2.39. The molecule has 0 spiro atoms. The van der Waals surface area contributed by atoms with Gasteiger partial charge in [-0.1, -0.05) is 12.8 Å². The van der Waals surface area contributed by atoms with E-state index in [1.807, 2.05) is 6.92 Å². The van der Waals surface area contributed by atoms with Crippen LogP contribution in [0.4, 0.5) is 0 Å². The maximum absolute atomic E-state index is 3.37. The second kappa shape index (κ2) is 3.78. The first-order chi connectivity index (χ1) is 5.33. The van der Waals surface area contributed by atoms with E-state index in [1.165, 1.54) is 19.3 Å². The molecule has 1 fully saturated rings. The van der Waals surface area contributed by atoms with Gasteiger partial charge in [0.2, 0.25) is 0 Å². The fraction of sp³-hybridized carbons (Fsp3) is 0.800. The van der Waals surface area contributed by atoms with Crippen molar-refractivity contribution in [1.29, 1.82) is 0 Å². The van der Waals surface area contributed by atoms with E-state index in [2.05, 4.69) is 24.1 Å². The van der Waals surface area contributed by atoms with Gasteiger partial charge in [0, 0.05) is 6.54 Å². The molecule has 0 atom stereocenters. The molecule has 0 saturated heterocycles. The first-order valence-corrected chi connectivity index (χ1v) is 4.43. The van der Waals surface area contributed by atoms with Crippen LogP contribution in [0.3, 0.4) is 0 Å². The smallest absolute Gasteiger partial charge is 0.0576 e. The lowest BCUT2D eigenvalue weighted by atomic mass is 10.0. The molecule has 0 aromatic carbocycles. The average Bonchev–Trinajstić information content (AvgIpc) is 2.80. The summed E-state index contributed by atoms with van der Waals surface area (Å²) >= 11 is 0. The van der Waals surface area contributed by atoms with Crippen LogP contribution in [-0.4, -0.2) is 13.1 Å². The fourth-order valence-corrected chi connectivity index (χ4v) is 1.31. The highest BCUT2D eigenvalue weighted by Crippen LogP contribution is 2.47. The molecule has 11 heavy (non-hydrogen) atoms. The molecule has 1 saturated carbocycles. The summed E-state index contributed by atoms with van der Waals surface area (Å²) in [5, 5.41) is 3.37. The van der Waals surface area contributed by atoms with Crippen LogP contribution in [0.5, 0.6) is 0 Å². The Morgan fingerprint density at radius 2 is 2.18 bits per heavy atom. The largest absolute Gasteiger partial charge is 0.306 e. The Morgan fingerprint density at radius 3 is 2.64 bits per heavy atom. The third-order valence-corrected chi connectivity index (χ3v) is 2.60. The Hall–Kier alpha value is -0.480. The summed E-state index contributed by atoms with van der Waals surface area (Å²) in [4.78, 5) is 0. The molecule has 1 heteroatoms. The molecule has 0 unspecified atom stereocenters. The zero-order chi connectivity index (χ0) is 8.16. The second-order valence-electron chi connectivity index (χ2n) is 3.38. The summed E-state index contributed by atoms with van der Waals surface area (Å²) in [6.07, 6.45) is 4.14. The quantitative estimate of drug-likeness (QED) is 0.477. The van der Waals surface area contributed by atoms with Crippen molar-refractivity contribution in [2.45, 2.75) is 33.1 Å². The van der Waals surface area contributed by atoms with Gasteiger partial charge in [-0.05, 0) is 31.6 Å². The minimum atomic E-state index is 0.662. The van der Waals surface area contributed by atoms with Crippen molar-refractivity contribution in [3.05, 3.63) is 0 Å². The van der Waals surface area contributed by atoms with Gasteiger partial charge in [0.1, 0.15) is 0 Å². The maximum Gasteiger partial charge on any atom is 0.0576 e. The van der Waals surface area contributed by atoms with E-state index in [4.69, 9.17) is 0 Å². The molecule has 1 N–H and O–H groups in total. The first-order valence-electron chi connectivity index (χ1n) is 4.43. The van der Waals surface area contributed by atoms with E-state index in [0.717, 1.165) is 13.1 Å². The second-order valence-corrected chi connectivity index (χ2v) is 3.38. The Morgan fingerprint density at radius 1 is 1.45 bits per heavy atom. The molecule has 0 aliphatic heterocycles. The maximum atomic E-state index is 3.37. The van der Waals surface area contributed by atoms with Crippen molar-refractivity contribution in [3.63, 3.8) is 0 Å². The monoisotopic (exact) mass is 151 g/mol. The molecule has 0 amide bonds. The zero-order valence-electron chi connectivity index (χ0n) is 7.54. The minimum absolute atomic E-state index is 0.662. The Labute approximate surface area is 69.6 Å². The lowest BCUT2D eigenvalue weighted by Gasteiger charge is -2.10. The van der Waals surface area contributed by atoms with Crippen LogP contribution < -0.4 is 5.32 Å². The predicted molar refractivity (Wildman–Crippen MR) is 48.3 cm³/mol. The third kappa shape index (κ3) is 2.55. The highest BCUT2D eigenvalue weighted by atomic mass is 14.9. The lowest BCUT2D eigenvalue weighted by molar-refractivity contribution is 0.457. The van der Waals surface area contributed by atoms with Gasteiger partial charge in [-0.3, -0.25) is 0 Å². The van der Waals surface area contributed by atoms with E-state index in [9.17, 15) is 0 Å². The van der Waals surface area contributed by atoms with Crippen molar-refractivity contribution in [3.8, 4) is 11.8 Å². The van der Waals surface area contributed by atoms with Gasteiger partial charge in [-0.2, -0.15) is 0 Å². The summed E-state index contributed by atoms with van der Waals surface area (Å²) in [6.45, 7) is 6.19. The summed E-state index contributed by atoms with van der Waals surface area (Å²) < 4.78 is 0. The van der Waals surface area contributed by atoms with Gasteiger partial charge in [0.05, 0.1) is 6.54 Å². The normalized spacial score (nSPS) is 18.7. The Kier molecular flexibility index (Phi) is 2.96. The molecular weight excluding hydrogens is 134 g/mol. The summed E-state index contributed by atoms with van der Waals surface area (Å²) in [6, 6.07) is 0. The van der Waals surface area contributed by atoms with Crippen molar-refractivity contribution in [1.82, 2.24) is 5.32 Å². The molecule has 1 aliphatic carbocycles. The van der Waals surface area contributed by atoms with Gasteiger partial charge in [0.15, 0.2) is 0 Å². The van der Waals surface area contributed by atoms with Crippen molar-refractivity contribution in [2.75, 3.05) is 13.1 Å². The summed E-state index contributed by atoms with van der Waals surface area (Å²) in [7, 11) is 0. The van der Waals surface area contributed by atoms with Crippen molar-refractivity contribution >= 4 is 0 Å². The first kappa shape index (κ1) is 8.62. The topological polar surface area (TPSA) is 12.0 Å². The number of hydrogen-bond donors (Lipinski definition) is 1. The Bertz CT molecular complexity index is 169. The van der Waals surface area contributed by atoms with E-state index in [0.29, 0.717) is 5.41 Å². The fourth-order valence-electron chi connectivity index (χ4n) is 1.31. The van der Waals surface area contributed by atoms with Crippen molar-refractivity contribution < 1.29 is 0 Å². The van der Waals surface area contributed by atoms with Gasteiger partial charge in [-0.15, -0.1) is 5.92 Å². The van der Waals surface area contributed by atoms with E-state index >= 15 is 0 Å². The molecule has 62 valence electrons. The van der Waals surface area contributed by atoms with Crippen LogP contribution in [0, 0.1) is 17.3 Å². The van der Waals surface area contributed by atoms with Crippen LogP contribution in [0.2, 0.25) is 0 Å². The van der Waals surface area contributed by atoms with Gasteiger partial charge >= 0.3 is 0 Å². The third-order valence-electron chi connectivity index (χ3n) is 2.60. The van der Waals surface area contributed by atoms with E-state index in [-0.39, 0.29) is 0 Å². The lowest BCUT2D eigenvalue weighted by Crippen LogP contribution is -2.23. The summed E-state index contributed by atoms with van der Waals surface area (Å²) in [5.41, 5.74) is 0.662. The van der Waals surface area contributed by atoms with E-state index < -0.39 is 0 Å². The standard InChI is InChI=1S/C10H17N/c1-3-5-8-11-9-10(4-2)6-7-10/h11H,4,6-9H2,1-2H3. The highest BCUT2D eigenvalue weighted by molar-refractivity contribution is 4.99. The molecule has 0 bridgehead atoms. The summed E-state index contributed by atoms with van der Waals surface area (Å²) in [5.74, 6) is 5.89. The molecular formula is C10H17N. The van der Waals surface area contributed by atoms with Crippen LogP contribution in [0.1, 0.15) is 33.1 Å². The molecule has 0 aromatic rings. The number of hydrogen-bond acceptors (Lipinski definition) is 1. The number of nitrogens with one attached hydrogen (secondary N) is 1. The molecule has 1 aliphatic rings. The van der Waals surface area contributed by atoms with Gasteiger partial charge < -0.3 is 5.32 Å². The van der Waals surface area contributed by atoms with Gasteiger partial charge in [0.25, 0.3) is 0 Å².